The average Bonchev–Trinajstić information content (AvgIpc) is 2.90. The Morgan fingerprint density at radius 1 is 1.39 bits per heavy atom. The highest BCUT2D eigenvalue weighted by Crippen LogP contribution is 2.29. The fourth-order valence-electron chi connectivity index (χ4n) is 2.01. The largest absolute Gasteiger partial charge is 0.390 e. The van der Waals surface area contributed by atoms with Gasteiger partial charge in [-0.15, -0.1) is 0 Å². The Hall–Kier alpha value is -0.890. The summed E-state index contributed by atoms with van der Waals surface area (Å²) in [6, 6.07) is 0. The van der Waals surface area contributed by atoms with Crippen LogP contribution in [0, 0.1) is 0 Å². The van der Waals surface area contributed by atoms with Crippen LogP contribution in [-0.4, -0.2) is 52.9 Å². The Morgan fingerprint density at radius 3 is 2.94 bits per heavy atom. The maximum Gasteiger partial charge on any atom is 0.164 e. The molecule has 1 aliphatic heterocycles. The van der Waals surface area contributed by atoms with E-state index in [1.807, 2.05) is 4.57 Å². The zero-order valence-corrected chi connectivity index (χ0v) is 10.8. The number of nitrogens with zero attached hydrogens (tertiary/aromatic N) is 4. The molecule has 3 rings (SSSR count). The number of halogens is 1. The van der Waals surface area contributed by atoms with Crippen LogP contribution in [-0.2, 0) is 6.54 Å². The van der Waals surface area contributed by atoms with Crippen molar-refractivity contribution in [3.8, 4) is 0 Å². The molecule has 0 aromatic carbocycles. The Labute approximate surface area is 112 Å². The molecule has 1 aliphatic rings. The van der Waals surface area contributed by atoms with Crippen LogP contribution < -0.4 is 0 Å². The summed E-state index contributed by atoms with van der Waals surface area (Å²) in [5.41, 5.74) is 1.20. The van der Waals surface area contributed by atoms with Crippen LogP contribution in [0.3, 0.4) is 0 Å². The predicted octanol–water partition coefficient (Wildman–Crippen LogP) is 0.317. The molecule has 0 spiro atoms. The van der Waals surface area contributed by atoms with E-state index >= 15 is 0 Å². The molecule has 2 aromatic heterocycles. The number of thioether (sulfide) groups is 1. The molecular weight excluding hydrogens is 276 g/mol. The molecular formula is C10H11ClN4O2S. The van der Waals surface area contributed by atoms with Crippen LogP contribution in [0.15, 0.2) is 12.7 Å². The molecule has 96 valence electrons. The average molecular weight is 287 g/mol. The van der Waals surface area contributed by atoms with Crippen molar-refractivity contribution < 1.29 is 10.2 Å². The van der Waals surface area contributed by atoms with Gasteiger partial charge in [0, 0.05) is 12.3 Å². The molecule has 0 amide bonds. The number of aliphatic hydroxyl groups is 2. The molecule has 0 aliphatic carbocycles. The summed E-state index contributed by atoms with van der Waals surface area (Å²) in [7, 11) is 0. The van der Waals surface area contributed by atoms with E-state index in [-0.39, 0.29) is 5.25 Å². The molecule has 0 saturated carbocycles. The number of aromatic nitrogens is 4. The lowest BCUT2D eigenvalue weighted by molar-refractivity contribution is 0.0396. The van der Waals surface area contributed by atoms with E-state index in [9.17, 15) is 10.2 Å². The molecule has 3 atom stereocenters. The van der Waals surface area contributed by atoms with E-state index < -0.39 is 12.2 Å². The molecule has 6 nitrogen and oxygen atoms in total. The van der Waals surface area contributed by atoms with Crippen LogP contribution in [0.1, 0.15) is 0 Å². The van der Waals surface area contributed by atoms with Crippen molar-refractivity contribution in [2.75, 3.05) is 5.75 Å². The molecule has 0 bridgehead atoms. The number of fused-ring (bicyclic) bond motifs is 1. The van der Waals surface area contributed by atoms with E-state index in [1.165, 1.54) is 6.33 Å². The Bertz CT molecular complexity index is 578. The van der Waals surface area contributed by atoms with Crippen molar-refractivity contribution in [3.63, 3.8) is 0 Å². The highest BCUT2D eigenvalue weighted by molar-refractivity contribution is 8.00. The number of imidazole rings is 1. The Kier molecular flexibility index (Phi) is 3.14. The smallest absolute Gasteiger partial charge is 0.164 e. The van der Waals surface area contributed by atoms with Crippen LogP contribution in [0.4, 0.5) is 0 Å². The van der Waals surface area contributed by atoms with Gasteiger partial charge in [-0.1, -0.05) is 11.6 Å². The molecule has 3 heterocycles. The molecule has 1 saturated heterocycles. The number of hydrogen-bond donors (Lipinski definition) is 2. The van der Waals surface area contributed by atoms with Gasteiger partial charge in [0.1, 0.15) is 11.8 Å². The minimum atomic E-state index is -0.718. The van der Waals surface area contributed by atoms with E-state index in [0.29, 0.717) is 28.6 Å². The SMILES string of the molecule is O[C@@H]1[C@H](O)CS[C@H]1Cn1cnc2c(Cl)ncnc21. The lowest BCUT2D eigenvalue weighted by atomic mass is 10.1. The molecule has 0 unspecified atom stereocenters. The summed E-state index contributed by atoms with van der Waals surface area (Å²) < 4.78 is 1.82. The normalized spacial score (nSPS) is 28.1. The summed E-state index contributed by atoms with van der Waals surface area (Å²) in [4.78, 5) is 12.2. The molecule has 0 radical (unpaired) electrons. The van der Waals surface area contributed by atoms with Crippen molar-refractivity contribution in [1.29, 1.82) is 0 Å². The first kappa shape index (κ1) is 12.2. The van der Waals surface area contributed by atoms with E-state index in [1.54, 1.807) is 18.1 Å². The van der Waals surface area contributed by atoms with Gasteiger partial charge in [0.2, 0.25) is 0 Å². The van der Waals surface area contributed by atoms with Gasteiger partial charge in [-0.3, -0.25) is 0 Å². The first-order valence-electron chi connectivity index (χ1n) is 5.46. The highest BCUT2D eigenvalue weighted by atomic mass is 35.5. The van der Waals surface area contributed by atoms with Gasteiger partial charge in [0.05, 0.1) is 23.8 Å². The van der Waals surface area contributed by atoms with Crippen LogP contribution in [0.2, 0.25) is 5.15 Å². The molecule has 18 heavy (non-hydrogen) atoms. The van der Waals surface area contributed by atoms with Crippen molar-refractivity contribution in [2.24, 2.45) is 0 Å². The van der Waals surface area contributed by atoms with E-state index in [2.05, 4.69) is 15.0 Å². The van der Waals surface area contributed by atoms with Gasteiger partial charge in [-0.2, -0.15) is 11.8 Å². The van der Waals surface area contributed by atoms with Crippen molar-refractivity contribution in [1.82, 2.24) is 19.5 Å². The molecule has 8 heteroatoms. The minimum Gasteiger partial charge on any atom is -0.390 e. The first-order valence-corrected chi connectivity index (χ1v) is 6.88. The summed E-state index contributed by atoms with van der Waals surface area (Å²) in [5, 5.41) is 19.6. The van der Waals surface area contributed by atoms with Crippen molar-refractivity contribution in [3.05, 3.63) is 17.8 Å². The summed E-state index contributed by atoms with van der Waals surface area (Å²) >= 11 is 7.46. The van der Waals surface area contributed by atoms with Gasteiger partial charge in [-0.25, -0.2) is 15.0 Å². The summed E-state index contributed by atoms with van der Waals surface area (Å²) in [6.45, 7) is 0.534. The fraction of sp³-hybridized carbons (Fsp3) is 0.500. The topological polar surface area (TPSA) is 84.1 Å². The highest BCUT2D eigenvalue weighted by Gasteiger charge is 2.34. The zero-order valence-electron chi connectivity index (χ0n) is 9.27. The second-order valence-corrected chi connectivity index (χ2v) is 5.79. The van der Waals surface area contributed by atoms with Crippen LogP contribution in [0.25, 0.3) is 11.2 Å². The quantitative estimate of drug-likeness (QED) is 0.774. The summed E-state index contributed by atoms with van der Waals surface area (Å²) in [5.74, 6) is 0.550. The standard InChI is InChI=1S/C10H11ClN4O2S/c11-9-7-10(13-3-12-9)15(4-14-7)1-6-8(17)5(16)2-18-6/h3-6,8,16-17H,1-2H2/t5-,6+,8-/m1/s1. The maximum absolute atomic E-state index is 9.82. The second-order valence-electron chi connectivity index (χ2n) is 4.16. The predicted molar refractivity (Wildman–Crippen MR) is 68.6 cm³/mol. The third kappa shape index (κ3) is 1.97. The number of rotatable bonds is 2. The van der Waals surface area contributed by atoms with Gasteiger partial charge >= 0.3 is 0 Å². The fourth-order valence-corrected chi connectivity index (χ4v) is 3.47. The Balaban J connectivity index is 1.89. The van der Waals surface area contributed by atoms with E-state index in [0.717, 1.165) is 0 Å². The first-order chi connectivity index (χ1) is 8.66. The van der Waals surface area contributed by atoms with Gasteiger partial charge < -0.3 is 14.8 Å². The van der Waals surface area contributed by atoms with Crippen molar-refractivity contribution in [2.45, 2.75) is 24.0 Å². The van der Waals surface area contributed by atoms with Gasteiger partial charge in [0.15, 0.2) is 10.8 Å². The van der Waals surface area contributed by atoms with Crippen molar-refractivity contribution >= 4 is 34.5 Å². The van der Waals surface area contributed by atoms with E-state index in [4.69, 9.17) is 11.6 Å². The molecule has 1 fully saturated rings. The zero-order chi connectivity index (χ0) is 12.7. The lowest BCUT2D eigenvalue weighted by Gasteiger charge is -2.15. The monoisotopic (exact) mass is 286 g/mol. The second kappa shape index (κ2) is 4.65. The lowest BCUT2D eigenvalue weighted by Crippen LogP contribution is -2.31. The maximum atomic E-state index is 9.82. The summed E-state index contributed by atoms with van der Waals surface area (Å²) in [6.07, 6.45) is 1.64. The third-order valence-electron chi connectivity index (χ3n) is 2.99. The number of hydrogen-bond acceptors (Lipinski definition) is 6. The minimum absolute atomic E-state index is 0.0638. The molecule has 2 N–H and O–H groups in total. The van der Waals surface area contributed by atoms with Gasteiger partial charge in [-0.05, 0) is 0 Å². The Morgan fingerprint density at radius 2 is 2.22 bits per heavy atom. The van der Waals surface area contributed by atoms with Crippen LogP contribution in [0.5, 0.6) is 0 Å². The number of aliphatic hydroxyl groups excluding tert-OH is 2. The van der Waals surface area contributed by atoms with Crippen LogP contribution >= 0.6 is 23.4 Å². The molecule has 2 aromatic rings. The van der Waals surface area contributed by atoms with Gasteiger partial charge in [0.25, 0.3) is 0 Å². The third-order valence-corrected chi connectivity index (χ3v) is 4.66.